The maximum atomic E-state index is 13.3. The van der Waals surface area contributed by atoms with Crippen molar-refractivity contribution < 1.29 is 57.8 Å². The molecule has 11 atom stereocenters. The van der Waals surface area contributed by atoms with Gasteiger partial charge in [0.2, 0.25) is 7.37 Å². The van der Waals surface area contributed by atoms with Crippen molar-refractivity contribution in [2.24, 2.45) is 5.73 Å². The zero-order valence-electron chi connectivity index (χ0n) is 25.9. The first-order chi connectivity index (χ1) is 22.0. The molecule has 0 aliphatic carbocycles. The van der Waals surface area contributed by atoms with Gasteiger partial charge in [0.15, 0.2) is 17.7 Å². The smallest absolute Gasteiger partial charge is 0.333 e. The second-order valence-corrected chi connectivity index (χ2v) is 16.9. The van der Waals surface area contributed by atoms with E-state index in [-0.39, 0.29) is 42.6 Å². The molecule has 2 fully saturated rings. The van der Waals surface area contributed by atoms with Crippen LogP contribution in [0, 0.1) is 5.41 Å². The number of anilines is 1. The van der Waals surface area contributed by atoms with Gasteiger partial charge in [-0.2, -0.15) is 0 Å². The largest absolute Gasteiger partial charge is 0.480 e. The Morgan fingerprint density at radius 1 is 1.04 bits per heavy atom. The fraction of sp³-hybridized carbons (Fsp3) is 0.731. The highest BCUT2D eigenvalue weighted by molar-refractivity contribution is 7.69. The van der Waals surface area contributed by atoms with Crippen molar-refractivity contribution in [1.29, 1.82) is 5.41 Å². The second-order valence-electron chi connectivity index (χ2n) is 12.0. The zero-order valence-corrected chi connectivity index (χ0v) is 27.7. The number of aliphatic hydroxyl groups excluding tert-OH is 4. The Kier molecular flexibility index (Phi) is 12.3. The Hall–Kier alpha value is -2.41. The molecule has 0 aromatic carbocycles. The van der Waals surface area contributed by atoms with Crippen LogP contribution in [0.4, 0.5) is 5.82 Å². The number of hydrogen-bond acceptors (Lipinski definition) is 17. The van der Waals surface area contributed by atoms with E-state index in [2.05, 4.69) is 15.0 Å². The van der Waals surface area contributed by atoms with Gasteiger partial charge in [0, 0.05) is 31.6 Å². The van der Waals surface area contributed by atoms with Crippen LogP contribution in [0.2, 0.25) is 0 Å². The predicted octanol–water partition coefficient (Wildman–Crippen LogP) is 0.0532. The van der Waals surface area contributed by atoms with Gasteiger partial charge in [0.25, 0.3) is 0 Å². The van der Waals surface area contributed by atoms with E-state index in [1.54, 1.807) is 0 Å². The van der Waals surface area contributed by atoms with Gasteiger partial charge in [-0.05, 0) is 25.7 Å². The Morgan fingerprint density at radius 3 is 2.43 bits per heavy atom. The summed E-state index contributed by atoms with van der Waals surface area (Å²) in [6, 6.07) is -0.969. The summed E-state index contributed by atoms with van der Waals surface area (Å²) in [5, 5.41) is 59.2. The number of carboxylic acids is 1. The van der Waals surface area contributed by atoms with Gasteiger partial charge in [0.05, 0.1) is 25.1 Å². The third-order valence-electron chi connectivity index (χ3n) is 8.08. The number of nitrogens with zero attached hydrogens (tertiary/aromatic N) is 4. The molecule has 0 amide bonds. The number of fused-ring (bicyclic) bond motifs is 1. The van der Waals surface area contributed by atoms with Crippen LogP contribution in [0.1, 0.15) is 44.8 Å². The molecule has 0 bridgehead atoms. The van der Waals surface area contributed by atoms with E-state index in [4.69, 9.17) is 40.3 Å². The number of nitrogens with one attached hydrogen (secondary N) is 1. The molecule has 264 valence electrons. The third-order valence-corrected chi connectivity index (χ3v) is 12.3. The van der Waals surface area contributed by atoms with Crippen molar-refractivity contribution in [3.8, 4) is 0 Å². The molecule has 4 rings (SSSR count). The standard InChI is InChI=1S/C26H43N7O12P2/c1-46(40,8-7-15-19(34)22(37)25(44-15)33-12-32-18-23(29)30-11-31-24(18)33)45-47(2,41)42-10-17-21(36)20(35)16(43-17)9-13(27)5-3-4-6-14(28)26(38)39/h11-12,14-17,19-22,25,27,34-37H,3-10,28H2,1-2H3,(H,38,39)(H2,29,30,31)/t14?,15?,16?,17-,19-,20+,21-,22-,25-,46?,47?/m1/s1. The van der Waals surface area contributed by atoms with Gasteiger partial charge in [-0.1, -0.05) is 6.42 Å². The number of nitrogens with two attached hydrogens (primary N) is 2. The maximum Gasteiger partial charge on any atom is 0.333 e. The molecule has 2 aromatic rings. The molecule has 4 heterocycles. The average Bonchev–Trinajstić information content (AvgIpc) is 3.63. The van der Waals surface area contributed by atoms with Crippen molar-refractivity contribution in [3.05, 3.63) is 12.7 Å². The Bertz CT molecular complexity index is 1510. The Labute approximate surface area is 270 Å². The topological polar surface area (TPSA) is 309 Å². The summed E-state index contributed by atoms with van der Waals surface area (Å²) < 4.78 is 50.0. The number of unbranched alkanes of at least 4 members (excludes halogenated alkanes) is 1. The lowest BCUT2D eigenvalue weighted by Gasteiger charge is -2.23. The lowest BCUT2D eigenvalue weighted by molar-refractivity contribution is -0.138. The molecule has 5 unspecified atom stereocenters. The fourth-order valence-corrected chi connectivity index (χ4v) is 9.67. The summed E-state index contributed by atoms with van der Waals surface area (Å²) in [4.78, 5) is 22.9. The number of ether oxygens (including phenoxy) is 2. The molecule has 2 saturated heterocycles. The highest BCUT2D eigenvalue weighted by Gasteiger charge is 2.46. The number of rotatable bonds is 17. The first-order valence-electron chi connectivity index (χ1n) is 15.0. The molecule has 19 nitrogen and oxygen atoms in total. The quantitative estimate of drug-likeness (QED) is 0.0612. The molecule has 2 aliphatic rings. The number of aromatic nitrogens is 4. The first-order valence-corrected chi connectivity index (χ1v) is 19.2. The van der Waals surface area contributed by atoms with Crippen molar-refractivity contribution in [3.63, 3.8) is 0 Å². The van der Waals surface area contributed by atoms with E-state index in [1.807, 2.05) is 0 Å². The lowest BCUT2D eigenvalue weighted by Crippen LogP contribution is -2.34. The van der Waals surface area contributed by atoms with Gasteiger partial charge in [-0.3, -0.25) is 22.8 Å². The number of carbonyl (C=O) groups is 1. The number of nitrogen functional groups attached to an aromatic ring is 1. The number of imidazole rings is 1. The van der Waals surface area contributed by atoms with E-state index in [9.17, 15) is 34.4 Å². The lowest BCUT2D eigenvalue weighted by atomic mass is 10.00. The zero-order chi connectivity index (χ0) is 34.7. The van der Waals surface area contributed by atoms with Crippen LogP contribution in [-0.4, -0.2) is 132 Å². The highest BCUT2D eigenvalue weighted by Crippen LogP contribution is 2.61. The van der Waals surface area contributed by atoms with Crippen LogP contribution < -0.4 is 11.5 Å². The molecule has 2 aliphatic heterocycles. The summed E-state index contributed by atoms with van der Waals surface area (Å²) in [5.74, 6) is -0.964. The van der Waals surface area contributed by atoms with Crippen LogP contribution in [-0.2, 0) is 32.2 Å². The molecule has 2 aromatic heterocycles. The van der Waals surface area contributed by atoms with E-state index >= 15 is 0 Å². The van der Waals surface area contributed by atoms with Crippen molar-refractivity contribution in [1.82, 2.24) is 19.5 Å². The average molecular weight is 708 g/mol. The van der Waals surface area contributed by atoms with Gasteiger partial charge >= 0.3 is 13.6 Å². The van der Waals surface area contributed by atoms with Crippen molar-refractivity contribution in [2.75, 3.05) is 31.8 Å². The van der Waals surface area contributed by atoms with E-state index in [0.717, 1.165) is 6.66 Å². The van der Waals surface area contributed by atoms with Crippen LogP contribution in [0.5, 0.6) is 0 Å². The molecule has 21 heteroatoms. The number of aliphatic carboxylic acids is 1. The molecule has 0 radical (unpaired) electrons. The summed E-state index contributed by atoms with van der Waals surface area (Å²) in [5.41, 5.74) is 12.1. The minimum absolute atomic E-state index is 0.00759. The Morgan fingerprint density at radius 2 is 1.72 bits per heavy atom. The van der Waals surface area contributed by atoms with Gasteiger partial charge < -0.3 is 56.4 Å². The van der Waals surface area contributed by atoms with Crippen molar-refractivity contribution >= 4 is 43.6 Å². The Balaban J connectivity index is 1.23. The molecular weight excluding hydrogens is 664 g/mol. The molecular formula is C26H43N7O12P2. The van der Waals surface area contributed by atoms with Crippen LogP contribution >= 0.6 is 15.0 Å². The van der Waals surface area contributed by atoms with Crippen LogP contribution in [0.15, 0.2) is 12.7 Å². The molecule has 47 heavy (non-hydrogen) atoms. The van der Waals surface area contributed by atoms with E-state index < -0.39 is 82.5 Å². The van der Waals surface area contributed by atoms with Gasteiger partial charge in [-0.15, -0.1) is 0 Å². The minimum atomic E-state index is -3.99. The monoisotopic (exact) mass is 707 g/mol. The second kappa shape index (κ2) is 15.4. The normalized spacial score (nSPS) is 31.0. The summed E-state index contributed by atoms with van der Waals surface area (Å²) in [7, 11) is -7.61. The van der Waals surface area contributed by atoms with E-state index in [1.165, 1.54) is 23.9 Å². The minimum Gasteiger partial charge on any atom is -0.480 e. The molecule has 0 saturated carbocycles. The summed E-state index contributed by atoms with van der Waals surface area (Å²) in [6.45, 7) is 1.88. The predicted molar refractivity (Wildman–Crippen MR) is 166 cm³/mol. The van der Waals surface area contributed by atoms with Gasteiger partial charge in [-0.25, -0.2) is 15.0 Å². The van der Waals surface area contributed by atoms with Crippen molar-refractivity contribution in [2.45, 2.75) is 93.5 Å². The fourth-order valence-electron chi connectivity index (χ4n) is 5.51. The SMILES string of the molecule is CP(=O)(CCC1O[C@@H](n2cnc3c(N)ncnc32)[C@H](O)[C@@H]1O)OP(C)(=O)OC[C@H]1OC(CC(=N)CCCCC(N)C(=O)O)[C@H](O)[C@@H]1O. The maximum absolute atomic E-state index is 13.3. The van der Waals surface area contributed by atoms with E-state index in [0.29, 0.717) is 24.8 Å². The number of aliphatic hydroxyl groups is 4. The number of carboxylic acid groups (broad SMARTS) is 1. The summed E-state index contributed by atoms with van der Waals surface area (Å²) in [6.07, 6.45) is -5.62. The van der Waals surface area contributed by atoms with Crippen LogP contribution in [0.25, 0.3) is 11.2 Å². The summed E-state index contributed by atoms with van der Waals surface area (Å²) >= 11 is 0. The molecule has 0 spiro atoms. The first kappa shape index (κ1) is 37.4. The highest BCUT2D eigenvalue weighted by atomic mass is 31.3. The number of hydrogen-bond donors (Lipinski definition) is 8. The molecule has 10 N–H and O–H groups in total. The third kappa shape index (κ3) is 9.39. The van der Waals surface area contributed by atoms with Gasteiger partial charge in [0.1, 0.15) is 48.4 Å². The van der Waals surface area contributed by atoms with Crippen LogP contribution in [0.3, 0.4) is 0 Å².